The largest absolute Gasteiger partial charge is 0.416 e. The molecule has 1 aliphatic rings. The van der Waals surface area contributed by atoms with Crippen molar-refractivity contribution in [2.75, 3.05) is 11.9 Å². The van der Waals surface area contributed by atoms with E-state index in [4.69, 9.17) is 16.9 Å². The van der Waals surface area contributed by atoms with Gasteiger partial charge in [-0.2, -0.15) is 18.4 Å². The number of carbonyl (C=O) groups excluding carboxylic acids is 1. The van der Waals surface area contributed by atoms with E-state index in [-0.39, 0.29) is 17.1 Å². The fourth-order valence-corrected chi connectivity index (χ4v) is 3.00. The molecule has 1 aliphatic carbocycles. The molecule has 27 heavy (non-hydrogen) atoms. The zero-order chi connectivity index (χ0) is 19.7. The summed E-state index contributed by atoms with van der Waals surface area (Å²) in [5.74, 6) is 0.0123. The van der Waals surface area contributed by atoms with Crippen molar-refractivity contribution < 1.29 is 18.0 Å². The highest BCUT2D eigenvalue weighted by atomic mass is 35.5. The summed E-state index contributed by atoms with van der Waals surface area (Å²) >= 11 is 6.09. The van der Waals surface area contributed by atoms with E-state index < -0.39 is 23.2 Å². The summed E-state index contributed by atoms with van der Waals surface area (Å²) in [6, 6.07) is 8.16. The second kappa shape index (κ2) is 7.08. The van der Waals surface area contributed by atoms with Crippen molar-refractivity contribution in [3.05, 3.63) is 58.2 Å². The van der Waals surface area contributed by atoms with E-state index in [0.717, 1.165) is 12.1 Å². The number of alkyl halides is 3. The van der Waals surface area contributed by atoms with Crippen molar-refractivity contribution in [2.24, 2.45) is 0 Å². The Morgan fingerprint density at radius 1 is 1.30 bits per heavy atom. The number of aromatic nitrogens is 1. The second-order valence-electron chi connectivity index (χ2n) is 6.22. The maximum absolute atomic E-state index is 13.0. The van der Waals surface area contributed by atoms with E-state index in [1.54, 1.807) is 12.1 Å². The highest BCUT2D eigenvalue weighted by Gasteiger charge is 2.47. The van der Waals surface area contributed by atoms with Gasteiger partial charge in [-0.25, -0.2) is 4.98 Å². The smallest absolute Gasteiger partial charge is 0.361 e. The molecule has 0 bridgehead atoms. The first-order valence-electron chi connectivity index (χ1n) is 8.02. The average molecular weight is 395 g/mol. The normalized spacial score (nSPS) is 14.9. The number of rotatable bonds is 5. The zero-order valence-corrected chi connectivity index (χ0v) is 14.7. The monoisotopic (exact) mass is 394 g/mol. The number of nitrogens with one attached hydrogen (secondary N) is 2. The molecule has 0 aliphatic heterocycles. The van der Waals surface area contributed by atoms with Gasteiger partial charge in [-0.15, -0.1) is 0 Å². The van der Waals surface area contributed by atoms with E-state index in [0.29, 0.717) is 24.2 Å². The van der Waals surface area contributed by atoms with Gasteiger partial charge in [0.05, 0.1) is 23.2 Å². The quantitative estimate of drug-likeness (QED) is 0.807. The number of halogens is 4. The molecule has 0 saturated heterocycles. The van der Waals surface area contributed by atoms with Gasteiger partial charge in [0, 0.05) is 11.2 Å². The Kier molecular flexibility index (Phi) is 4.98. The van der Waals surface area contributed by atoms with Crippen LogP contribution in [-0.2, 0) is 16.5 Å². The summed E-state index contributed by atoms with van der Waals surface area (Å²) < 4.78 is 38.9. The summed E-state index contributed by atoms with van der Waals surface area (Å²) in [7, 11) is 0. The lowest BCUT2D eigenvalue weighted by Gasteiger charge is -2.21. The van der Waals surface area contributed by atoms with Crippen LogP contribution in [-0.4, -0.2) is 17.4 Å². The molecule has 9 heteroatoms. The Morgan fingerprint density at radius 2 is 2.04 bits per heavy atom. The lowest BCUT2D eigenvalue weighted by atomic mass is 10.0. The first kappa shape index (κ1) is 19.0. The second-order valence-corrected chi connectivity index (χ2v) is 6.63. The molecule has 0 atom stereocenters. The molecular formula is C18H14ClF3N4O. The molecule has 5 nitrogen and oxygen atoms in total. The minimum atomic E-state index is -4.48. The molecule has 0 unspecified atom stereocenters. The van der Waals surface area contributed by atoms with Crippen LogP contribution in [0.1, 0.15) is 29.5 Å². The van der Waals surface area contributed by atoms with Crippen LogP contribution in [0, 0.1) is 11.3 Å². The number of hydrogen-bond acceptors (Lipinski definition) is 4. The molecule has 1 amide bonds. The third kappa shape index (κ3) is 4.31. The third-order valence-corrected chi connectivity index (χ3v) is 4.59. The predicted octanol–water partition coefficient (Wildman–Crippen LogP) is 3.84. The maximum atomic E-state index is 13.0. The van der Waals surface area contributed by atoms with Crippen LogP contribution >= 0.6 is 11.6 Å². The molecule has 1 saturated carbocycles. The average Bonchev–Trinajstić information content (AvgIpc) is 3.40. The molecule has 0 radical (unpaired) electrons. The summed E-state index contributed by atoms with van der Waals surface area (Å²) in [4.78, 5) is 16.2. The van der Waals surface area contributed by atoms with Crippen LogP contribution in [0.5, 0.6) is 0 Å². The van der Waals surface area contributed by atoms with Crippen molar-refractivity contribution in [1.29, 1.82) is 5.26 Å². The van der Waals surface area contributed by atoms with Crippen LogP contribution in [0.25, 0.3) is 0 Å². The Bertz CT molecular complexity index is 902. The summed E-state index contributed by atoms with van der Waals surface area (Å²) in [6.45, 7) is -0.114. The summed E-state index contributed by atoms with van der Waals surface area (Å²) in [5, 5.41) is 14.5. The minimum Gasteiger partial charge on any atom is -0.361 e. The lowest BCUT2D eigenvalue weighted by molar-refractivity contribution is -0.137. The van der Waals surface area contributed by atoms with Gasteiger partial charge < -0.3 is 10.6 Å². The van der Waals surface area contributed by atoms with E-state index in [1.807, 2.05) is 6.07 Å². The predicted molar refractivity (Wildman–Crippen MR) is 93.0 cm³/mol. The van der Waals surface area contributed by atoms with Crippen molar-refractivity contribution in [1.82, 2.24) is 10.3 Å². The van der Waals surface area contributed by atoms with Crippen molar-refractivity contribution >= 4 is 23.3 Å². The van der Waals surface area contributed by atoms with Crippen molar-refractivity contribution in [2.45, 2.75) is 24.6 Å². The third-order valence-electron chi connectivity index (χ3n) is 4.26. The van der Waals surface area contributed by atoms with Gasteiger partial charge in [-0.05, 0) is 48.7 Å². The Hall–Kier alpha value is -2.79. The topological polar surface area (TPSA) is 77.8 Å². The fraction of sp³-hybridized carbons (Fsp3) is 0.278. The molecule has 1 aromatic carbocycles. The maximum Gasteiger partial charge on any atom is 0.416 e. The summed E-state index contributed by atoms with van der Waals surface area (Å²) in [6.07, 6.45) is -2.10. The van der Waals surface area contributed by atoms with Gasteiger partial charge >= 0.3 is 6.18 Å². The molecule has 1 aromatic heterocycles. The standard InChI is InChI=1S/C18H14ClF3N4O/c19-14-3-2-12(18(20,21)22)7-13(14)17(5-6-17)26-16(27)10-25-15-4-1-11(8-23)9-24-15/h1-4,7,9H,5-6,10H2,(H,24,25)(H,26,27). The number of benzene rings is 1. The molecule has 3 rings (SSSR count). The van der Waals surface area contributed by atoms with Crippen LogP contribution in [0.3, 0.4) is 0 Å². The van der Waals surface area contributed by atoms with E-state index in [9.17, 15) is 18.0 Å². The molecule has 2 N–H and O–H groups in total. The van der Waals surface area contributed by atoms with Crippen molar-refractivity contribution in [3.63, 3.8) is 0 Å². The van der Waals surface area contributed by atoms with Gasteiger partial charge in [-0.1, -0.05) is 11.6 Å². The van der Waals surface area contributed by atoms with Crippen LogP contribution in [0.4, 0.5) is 19.0 Å². The first-order valence-corrected chi connectivity index (χ1v) is 8.40. The minimum absolute atomic E-state index is 0.114. The van der Waals surface area contributed by atoms with E-state index in [2.05, 4.69) is 15.6 Å². The molecular weight excluding hydrogens is 381 g/mol. The Morgan fingerprint density at radius 3 is 2.59 bits per heavy atom. The Balaban J connectivity index is 1.68. The first-order chi connectivity index (χ1) is 12.7. The molecule has 140 valence electrons. The molecule has 0 spiro atoms. The van der Waals surface area contributed by atoms with Gasteiger partial charge in [0.2, 0.25) is 5.91 Å². The van der Waals surface area contributed by atoms with Crippen LogP contribution < -0.4 is 10.6 Å². The number of hydrogen-bond donors (Lipinski definition) is 2. The lowest BCUT2D eigenvalue weighted by Crippen LogP contribution is -2.38. The molecule has 1 fully saturated rings. The Labute approximate surface area is 158 Å². The highest BCUT2D eigenvalue weighted by molar-refractivity contribution is 6.31. The molecule has 2 aromatic rings. The van der Waals surface area contributed by atoms with E-state index >= 15 is 0 Å². The number of amides is 1. The van der Waals surface area contributed by atoms with Gasteiger partial charge in [0.25, 0.3) is 0 Å². The number of carbonyl (C=O) groups is 1. The van der Waals surface area contributed by atoms with Crippen LogP contribution in [0.2, 0.25) is 5.02 Å². The fourth-order valence-electron chi connectivity index (χ4n) is 2.70. The SMILES string of the molecule is N#Cc1ccc(NCC(=O)NC2(c3cc(C(F)(F)F)ccc3Cl)CC2)nc1. The number of anilines is 1. The number of pyridine rings is 1. The number of nitriles is 1. The molecule has 1 heterocycles. The zero-order valence-electron chi connectivity index (χ0n) is 13.9. The van der Waals surface area contributed by atoms with Crippen LogP contribution in [0.15, 0.2) is 36.5 Å². The van der Waals surface area contributed by atoms with Crippen molar-refractivity contribution in [3.8, 4) is 6.07 Å². The summed E-state index contributed by atoms with van der Waals surface area (Å²) in [5.41, 5.74) is -1.03. The highest BCUT2D eigenvalue weighted by Crippen LogP contribution is 2.49. The van der Waals surface area contributed by atoms with Gasteiger partial charge in [0.15, 0.2) is 0 Å². The van der Waals surface area contributed by atoms with Gasteiger partial charge in [0.1, 0.15) is 11.9 Å². The van der Waals surface area contributed by atoms with E-state index in [1.165, 1.54) is 12.3 Å². The number of nitrogens with zero attached hydrogens (tertiary/aromatic N) is 2. The van der Waals surface area contributed by atoms with Gasteiger partial charge in [-0.3, -0.25) is 4.79 Å².